The van der Waals surface area contributed by atoms with Crippen molar-refractivity contribution in [2.45, 2.75) is 19.3 Å². The highest BCUT2D eigenvalue weighted by atomic mass is 16.3. The molecule has 1 aliphatic rings. The van der Waals surface area contributed by atoms with Crippen molar-refractivity contribution in [3.05, 3.63) is 138 Å². The lowest BCUT2D eigenvalue weighted by molar-refractivity contribution is 0.660. The maximum absolute atomic E-state index is 8.74. The fraction of sp³-hybridized carbons (Fsp3) is 0.0750. The molecule has 0 unspecified atom stereocenters. The van der Waals surface area contributed by atoms with Crippen molar-refractivity contribution < 1.29 is 11.3 Å². The molecule has 4 heteroatoms. The fourth-order valence-electron chi connectivity index (χ4n) is 6.64. The van der Waals surface area contributed by atoms with Gasteiger partial charge in [0.15, 0.2) is 17.5 Å². The van der Waals surface area contributed by atoms with Crippen LogP contribution in [-0.2, 0) is 5.41 Å². The van der Waals surface area contributed by atoms with Crippen molar-refractivity contribution >= 4 is 32.7 Å². The quantitative estimate of drug-likeness (QED) is 0.212. The number of hydrogen-bond donors (Lipinski definition) is 0. The van der Waals surface area contributed by atoms with E-state index in [1.54, 1.807) is 0 Å². The van der Waals surface area contributed by atoms with Gasteiger partial charge in [0.25, 0.3) is 0 Å². The number of furan rings is 1. The second-order valence-corrected chi connectivity index (χ2v) is 11.7. The van der Waals surface area contributed by atoms with Crippen molar-refractivity contribution in [1.82, 2.24) is 15.0 Å². The van der Waals surface area contributed by atoms with E-state index in [1.807, 2.05) is 60.7 Å². The van der Waals surface area contributed by atoms with Crippen LogP contribution >= 0.6 is 0 Å². The van der Waals surface area contributed by atoms with Crippen molar-refractivity contribution in [2.75, 3.05) is 0 Å². The molecule has 1 aliphatic carbocycles. The molecule has 0 bridgehead atoms. The summed E-state index contributed by atoms with van der Waals surface area (Å²) in [5.74, 6) is 0.630. The summed E-state index contributed by atoms with van der Waals surface area (Å²) in [6, 6.07) is 30.4. The lowest BCUT2D eigenvalue weighted by atomic mass is 9.82. The minimum Gasteiger partial charge on any atom is -0.456 e. The minimum atomic E-state index is -0.476. The van der Waals surface area contributed by atoms with Crippen LogP contribution in [0, 0.1) is 0 Å². The van der Waals surface area contributed by atoms with Crippen molar-refractivity contribution in [1.29, 1.82) is 0 Å². The number of rotatable bonds is 3. The Kier molecular flexibility index (Phi) is 4.25. The van der Waals surface area contributed by atoms with Gasteiger partial charge in [0.1, 0.15) is 11.2 Å². The molecule has 0 fully saturated rings. The van der Waals surface area contributed by atoms with Crippen molar-refractivity contribution in [2.24, 2.45) is 0 Å². The van der Waals surface area contributed by atoms with Crippen LogP contribution in [0.2, 0.25) is 0 Å². The van der Waals surface area contributed by atoms with Gasteiger partial charge in [-0.1, -0.05) is 117 Å². The summed E-state index contributed by atoms with van der Waals surface area (Å²) in [7, 11) is 0. The molecule has 2 aromatic heterocycles. The third-order valence-electron chi connectivity index (χ3n) is 8.81. The summed E-state index contributed by atoms with van der Waals surface area (Å²) in [4.78, 5) is 14.6. The van der Waals surface area contributed by atoms with E-state index in [0.717, 1.165) is 49.4 Å². The van der Waals surface area contributed by atoms with E-state index in [1.165, 1.54) is 5.56 Å². The largest absolute Gasteiger partial charge is 0.456 e. The third-order valence-corrected chi connectivity index (χ3v) is 8.81. The predicted octanol–water partition coefficient (Wildman–Crippen LogP) is 10.2. The molecule has 8 aromatic rings. The van der Waals surface area contributed by atoms with Gasteiger partial charge in [-0.2, -0.15) is 0 Å². The minimum absolute atomic E-state index is 0.00361. The Morgan fingerprint density at radius 1 is 0.568 bits per heavy atom. The number of fused-ring (bicyclic) bond motifs is 7. The number of benzene rings is 6. The van der Waals surface area contributed by atoms with Gasteiger partial charge in [-0.3, -0.25) is 0 Å². The molecule has 9 rings (SSSR count). The molecule has 0 aliphatic heterocycles. The summed E-state index contributed by atoms with van der Waals surface area (Å²) in [5.41, 5.74) is 6.91. The lowest BCUT2D eigenvalue weighted by Crippen LogP contribution is -2.14. The van der Waals surface area contributed by atoms with E-state index in [4.69, 9.17) is 26.2 Å². The van der Waals surface area contributed by atoms with Gasteiger partial charge in [0.05, 0.1) is 6.85 Å². The molecular weight excluding hydrogens is 538 g/mol. The Morgan fingerprint density at radius 3 is 2.07 bits per heavy atom. The van der Waals surface area contributed by atoms with Crippen LogP contribution in [0.3, 0.4) is 0 Å². The topological polar surface area (TPSA) is 51.8 Å². The standard InChI is InChI=1S/C40H27N3O/c1-40(2)32-17-9-8-15-29(32)36-30(16-10-18-33(36)40)39-42-37(24-11-4-3-5-12-24)41-38(43-39)27-19-20-28-31-21-25-13-6-7-14-26(25)22-35(31)44-34(28)23-27/h3-23H,1-2H3/i3D,4D,5D,11D,12D. The van der Waals surface area contributed by atoms with Crippen LogP contribution in [0.1, 0.15) is 31.8 Å². The van der Waals surface area contributed by atoms with Crippen LogP contribution in [0.15, 0.2) is 132 Å². The fourth-order valence-corrected chi connectivity index (χ4v) is 6.64. The maximum Gasteiger partial charge on any atom is 0.164 e. The Bertz CT molecular complexity index is 2690. The first-order valence-corrected chi connectivity index (χ1v) is 14.5. The first-order chi connectivity index (χ1) is 23.6. The van der Waals surface area contributed by atoms with E-state index in [-0.39, 0.29) is 28.9 Å². The zero-order valence-corrected chi connectivity index (χ0v) is 24.0. The highest BCUT2D eigenvalue weighted by molar-refractivity contribution is 6.10. The molecule has 2 heterocycles. The maximum atomic E-state index is 8.74. The third kappa shape index (κ3) is 3.67. The van der Waals surface area contributed by atoms with Gasteiger partial charge in [-0.15, -0.1) is 0 Å². The summed E-state index contributed by atoms with van der Waals surface area (Å²) in [6.45, 7) is 4.40. The summed E-state index contributed by atoms with van der Waals surface area (Å²) >= 11 is 0. The van der Waals surface area contributed by atoms with Crippen LogP contribution in [0.4, 0.5) is 0 Å². The second kappa shape index (κ2) is 9.19. The molecule has 208 valence electrons. The molecule has 0 spiro atoms. The molecule has 4 nitrogen and oxygen atoms in total. The first kappa shape index (κ1) is 20.3. The average Bonchev–Trinajstić information content (AvgIpc) is 3.59. The second-order valence-electron chi connectivity index (χ2n) is 11.7. The number of hydrogen-bond acceptors (Lipinski definition) is 4. The van der Waals surface area contributed by atoms with Gasteiger partial charge >= 0.3 is 0 Å². The Labute approximate surface area is 261 Å². The summed E-state index contributed by atoms with van der Waals surface area (Å²) in [6.07, 6.45) is 0. The normalized spacial score (nSPS) is 15.0. The Morgan fingerprint density at radius 2 is 1.23 bits per heavy atom. The smallest absolute Gasteiger partial charge is 0.164 e. The molecule has 0 saturated heterocycles. The number of aromatic nitrogens is 3. The van der Waals surface area contributed by atoms with Crippen molar-refractivity contribution in [3.63, 3.8) is 0 Å². The van der Waals surface area contributed by atoms with Crippen LogP contribution in [0.25, 0.3) is 78.0 Å². The zero-order valence-electron chi connectivity index (χ0n) is 29.0. The van der Waals surface area contributed by atoms with E-state index in [0.29, 0.717) is 22.8 Å². The molecule has 6 aromatic carbocycles. The van der Waals surface area contributed by atoms with Gasteiger partial charge < -0.3 is 4.42 Å². The molecule has 0 N–H and O–H groups in total. The van der Waals surface area contributed by atoms with Gasteiger partial charge in [0, 0.05) is 32.9 Å². The van der Waals surface area contributed by atoms with Crippen LogP contribution in [-0.4, -0.2) is 15.0 Å². The van der Waals surface area contributed by atoms with Crippen LogP contribution in [0.5, 0.6) is 0 Å². The highest BCUT2D eigenvalue weighted by Crippen LogP contribution is 2.51. The molecule has 44 heavy (non-hydrogen) atoms. The van der Waals surface area contributed by atoms with Crippen LogP contribution < -0.4 is 0 Å². The van der Waals surface area contributed by atoms with E-state index < -0.39 is 18.1 Å². The molecule has 0 amide bonds. The van der Waals surface area contributed by atoms with E-state index in [2.05, 4.69) is 50.2 Å². The molecular formula is C40H27N3O. The SMILES string of the molecule is [2H]c1c([2H])c([2H])c(-c2nc(-c3ccc4c(c3)oc3cc5ccccc5cc34)nc(-c3cccc4c3-c3ccccc3C4(C)C)n2)c([2H])c1[2H]. The lowest BCUT2D eigenvalue weighted by Gasteiger charge is -2.21. The van der Waals surface area contributed by atoms with Gasteiger partial charge in [-0.25, -0.2) is 15.0 Å². The average molecular weight is 571 g/mol. The van der Waals surface area contributed by atoms with Gasteiger partial charge in [-0.05, 0) is 57.3 Å². The summed E-state index contributed by atoms with van der Waals surface area (Å²) < 4.78 is 48.7. The van der Waals surface area contributed by atoms with Crippen molar-refractivity contribution in [3.8, 4) is 45.3 Å². The van der Waals surface area contributed by atoms with Gasteiger partial charge in [0.2, 0.25) is 0 Å². The summed E-state index contributed by atoms with van der Waals surface area (Å²) in [5, 5.41) is 4.15. The predicted molar refractivity (Wildman–Crippen MR) is 178 cm³/mol. The number of nitrogens with zero attached hydrogens (tertiary/aromatic N) is 3. The zero-order chi connectivity index (χ0) is 33.8. The molecule has 0 radical (unpaired) electrons. The molecule has 0 saturated carbocycles. The molecule has 0 atom stereocenters. The Hall–Kier alpha value is -5.61. The highest BCUT2D eigenvalue weighted by Gasteiger charge is 2.37. The van der Waals surface area contributed by atoms with E-state index >= 15 is 0 Å². The monoisotopic (exact) mass is 570 g/mol. The van der Waals surface area contributed by atoms with E-state index in [9.17, 15) is 0 Å². The first-order valence-electron chi connectivity index (χ1n) is 17.0. The Balaban J connectivity index is 1.31.